The van der Waals surface area contributed by atoms with Crippen LogP contribution in [0.2, 0.25) is 0 Å². The summed E-state index contributed by atoms with van der Waals surface area (Å²) in [4.78, 5) is 29.2. The number of rotatable bonds is 11. The number of ether oxygens (including phenoxy) is 1. The van der Waals surface area contributed by atoms with Crippen LogP contribution in [0, 0.1) is 0 Å². The molecule has 0 saturated carbocycles. The number of carbonyl (C=O) groups excluding carboxylic acids is 1. The van der Waals surface area contributed by atoms with E-state index in [-0.39, 0.29) is 23.7 Å². The fraction of sp³-hybridized carbons (Fsp3) is 0.370. The largest absolute Gasteiger partial charge is 0.482 e. The zero-order valence-electron chi connectivity index (χ0n) is 20.3. The van der Waals surface area contributed by atoms with E-state index >= 15 is 0 Å². The number of hydrogen-bond acceptors (Lipinski definition) is 5. The third-order valence-electron chi connectivity index (χ3n) is 5.57. The van der Waals surface area contributed by atoms with Gasteiger partial charge in [-0.05, 0) is 48.6 Å². The molecule has 3 rings (SSSR count). The van der Waals surface area contributed by atoms with Gasteiger partial charge in [0.05, 0.1) is 11.3 Å². The minimum absolute atomic E-state index is 0.0139. The normalized spacial score (nSPS) is 11.6. The number of halogens is 3. The van der Waals surface area contributed by atoms with E-state index in [2.05, 4.69) is 4.98 Å². The van der Waals surface area contributed by atoms with Gasteiger partial charge in [0.15, 0.2) is 12.4 Å². The summed E-state index contributed by atoms with van der Waals surface area (Å²) in [5.41, 5.74) is 1.25. The smallest absolute Gasteiger partial charge is 0.417 e. The summed E-state index contributed by atoms with van der Waals surface area (Å²) in [6.07, 6.45) is -2.54. The Bertz CT molecular complexity index is 1230. The van der Waals surface area contributed by atoms with Gasteiger partial charge in [-0.1, -0.05) is 45.4 Å². The van der Waals surface area contributed by atoms with Crippen LogP contribution in [0.5, 0.6) is 5.75 Å². The number of aliphatic carboxylic acids is 1. The fourth-order valence-corrected chi connectivity index (χ4v) is 5.15. The van der Waals surface area contributed by atoms with Crippen LogP contribution >= 0.6 is 11.3 Å². The third kappa shape index (κ3) is 6.72. The van der Waals surface area contributed by atoms with Crippen LogP contribution in [-0.2, 0) is 23.8 Å². The second-order valence-corrected chi connectivity index (χ2v) is 9.79. The standard InChI is InChI=1S/C27H28F3NO4S/c1-4-7-18-14-17(10-12-22(18)35-15-24(33)34)21(32)11-13-23-25(16(2)3)31-26(36-23)19-8-5-6-9-20(19)27(28,29)30/h5-6,8-10,12,14,16H,4,7,11,13,15H2,1-3H3,(H,33,34). The highest BCUT2D eigenvalue weighted by molar-refractivity contribution is 7.15. The summed E-state index contributed by atoms with van der Waals surface area (Å²) < 4.78 is 46.0. The SMILES string of the molecule is CCCc1cc(C(=O)CCc2sc(-c3ccccc3C(F)(F)F)nc2C(C)C)ccc1OCC(=O)O. The molecule has 0 unspecified atom stereocenters. The summed E-state index contributed by atoms with van der Waals surface area (Å²) in [6.45, 7) is 5.35. The Morgan fingerprint density at radius 1 is 1.11 bits per heavy atom. The van der Waals surface area contributed by atoms with Crippen LogP contribution in [-0.4, -0.2) is 28.4 Å². The number of alkyl halides is 3. The minimum atomic E-state index is -4.49. The van der Waals surface area contributed by atoms with E-state index in [1.807, 2.05) is 20.8 Å². The van der Waals surface area contributed by atoms with Crippen molar-refractivity contribution in [2.75, 3.05) is 6.61 Å². The van der Waals surface area contributed by atoms with Gasteiger partial charge in [0.25, 0.3) is 0 Å². The Morgan fingerprint density at radius 2 is 1.83 bits per heavy atom. The van der Waals surface area contributed by atoms with E-state index in [0.29, 0.717) is 34.9 Å². The monoisotopic (exact) mass is 519 g/mol. The number of carbonyl (C=O) groups is 2. The molecule has 2 aromatic carbocycles. The van der Waals surface area contributed by atoms with Crippen molar-refractivity contribution in [2.24, 2.45) is 0 Å². The molecule has 0 atom stereocenters. The summed E-state index contributed by atoms with van der Waals surface area (Å²) >= 11 is 1.19. The van der Waals surface area contributed by atoms with E-state index in [1.54, 1.807) is 24.3 Å². The Morgan fingerprint density at radius 3 is 2.47 bits per heavy atom. The van der Waals surface area contributed by atoms with E-state index < -0.39 is 24.3 Å². The van der Waals surface area contributed by atoms with Gasteiger partial charge < -0.3 is 9.84 Å². The lowest BCUT2D eigenvalue weighted by Crippen LogP contribution is -2.11. The molecule has 0 bridgehead atoms. The summed E-state index contributed by atoms with van der Waals surface area (Å²) in [5.74, 6) is -0.772. The Labute approximate surface area is 212 Å². The fourth-order valence-electron chi connectivity index (χ4n) is 3.90. The zero-order chi connectivity index (χ0) is 26.5. The lowest BCUT2D eigenvalue weighted by molar-refractivity contribution is -0.139. The van der Waals surface area contributed by atoms with Crippen LogP contribution in [0.15, 0.2) is 42.5 Å². The number of carboxylic acids is 1. The molecule has 0 saturated heterocycles. The van der Waals surface area contributed by atoms with Crippen molar-refractivity contribution in [1.82, 2.24) is 4.98 Å². The van der Waals surface area contributed by atoms with Gasteiger partial charge in [-0.3, -0.25) is 4.79 Å². The molecule has 9 heteroatoms. The average Bonchev–Trinajstić information content (AvgIpc) is 3.26. The minimum Gasteiger partial charge on any atom is -0.482 e. The molecule has 0 spiro atoms. The number of ketones is 1. The second kappa shape index (κ2) is 11.7. The average molecular weight is 520 g/mol. The van der Waals surface area contributed by atoms with E-state index in [1.165, 1.54) is 23.5 Å². The van der Waals surface area contributed by atoms with Crippen molar-refractivity contribution in [2.45, 2.75) is 58.5 Å². The summed E-state index contributed by atoms with van der Waals surface area (Å²) in [6, 6.07) is 10.3. The molecule has 36 heavy (non-hydrogen) atoms. The predicted octanol–water partition coefficient (Wildman–Crippen LogP) is 7.18. The molecule has 1 heterocycles. The number of thiazole rings is 1. The molecule has 3 aromatic rings. The van der Waals surface area contributed by atoms with Crippen molar-refractivity contribution >= 4 is 23.1 Å². The Balaban J connectivity index is 1.83. The number of Topliss-reactive ketones (excluding diaryl/α,β-unsaturated/α-hetero) is 1. The highest BCUT2D eigenvalue weighted by Gasteiger charge is 2.34. The summed E-state index contributed by atoms with van der Waals surface area (Å²) in [5, 5.41) is 9.16. The predicted molar refractivity (Wildman–Crippen MR) is 133 cm³/mol. The maximum Gasteiger partial charge on any atom is 0.417 e. The maximum atomic E-state index is 13.5. The Hall–Kier alpha value is -3.20. The highest BCUT2D eigenvalue weighted by Crippen LogP contribution is 2.40. The van der Waals surface area contributed by atoms with Gasteiger partial charge in [0.1, 0.15) is 10.8 Å². The van der Waals surface area contributed by atoms with Crippen molar-refractivity contribution < 1.29 is 32.6 Å². The molecular weight excluding hydrogens is 491 g/mol. The van der Waals surface area contributed by atoms with Crippen LogP contribution in [0.25, 0.3) is 10.6 Å². The molecule has 0 aliphatic heterocycles. The van der Waals surface area contributed by atoms with Gasteiger partial charge in [-0.25, -0.2) is 9.78 Å². The van der Waals surface area contributed by atoms with Gasteiger partial charge in [0.2, 0.25) is 0 Å². The van der Waals surface area contributed by atoms with Gasteiger partial charge in [-0.15, -0.1) is 11.3 Å². The first-order valence-electron chi connectivity index (χ1n) is 11.7. The molecule has 0 aliphatic carbocycles. The number of nitrogens with zero attached hydrogens (tertiary/aromatic N) is 1. The van der Waals surface area contributed by atoms with Crippen LogP contribution < -0.4 is 4.74 Å². The van der Waals surface area contributed by atoms with Gasteiger partial charge >= 0.3 is 12.1 Å². The molecule has 5 nitrogen and oxygen atoms in total. The molecule has 0 aliphatic rings. The number of benzene rings is 2. The second-order valence-electron chi connectivity index (χ2n) is 8.70. The van der Waals surface area contributed by atoms with Crippen molar-refractivity contribution in [3.05, 3.63) is 69.7 Å². The number of aromatic nitrogens is 1. The van der Waals surface area contributed by atoms with E-state index in [9.17, 15) is 22.8 Å². The molecule has 0 fully saturated rings. The highest BCUT2D eigenvalue weighted by atomic mass is 32.1. The van der Waals surface area contributed by atoms with Crippen LogP contribution in [0.3, 0.4) is 0 Å². The van der Waals surface area contributed by atoms with Crippen LogP contribution in [0.4, 0.5) is 13.2 Å². The third-order valence-corrected chi connectivity index (χ3v) is 6.73. The molecule has 192 valence electrons. The van der Waals surface area contributed by atoms with Crippen molar-refractivity contribution in [1.29, 1.82) is 0 Å². The molecule has 1 N–H and O–H groups in total. The first kappa shape index (κ1) is 27.4. The van der Waals surface area contributed by atoms with Crippen molar-refractivity contribution in [3.63, 3.8) is 0 Å². The van der Waals surface area contributed by atoms with Gasteiger partial charge in [0, 0.05) is 22.4 Å². The lowest BCUT2D eigenvalue weighted by atomic mass is 9.99. The van der Waals surface area contributed by atoms with Crippen LogP contribution in [0.1, 0.15) is 71.6 Å². The first-order chi connectivity index (χ1) is 17.0. The molecule has 1 aromatic heterocycles. The topological polar surface area (TPSA) is 76.5 Å². The number of hydrogen-bond donors (Lipinski definition) is 1. The number of aryl methyl sites for hydroxylation is 2. The molecule has 0 amide bonds. The zero-order valence-corrected chi connectivity index (χ0v) is 21.1. The van der Waals surface area contributed by atoms with Gasteiger partial charge in [-0.2, -0.15) is 13.2 Å². The summed E-state index contributed by atoms with van der Waals surface area (Å²) in [7, 11) is 0. The van der Waals surface area contributed by atoms with E-state index in [0.717, 1.165) is 22.9 Å². The maximum absolute atomic E-state index is 13.5. The van der Waals surface area contributed by atoms with E-state index in [4.69, 9.17) is 9.84 Å². The lowest BCUT2D eigenvalue weighted by Gasteiger charge is -2.11. The number of carboxylic acid groups (broad SMARTS) is 1. The van der Waals surface area contributed by atoms with Crippen molar-refractivity contribution in [3.8, 4) is 16.3 Å². The first-order valence-corrected chi connectivity index (χ1v) is 12.5. The Kier molecular flexibility index (Phi) is 8.89. The quantitative estimate of drug-likeness (QED) is 0.272. The molecule has 0 radical (unpaired) electrons. The molecular formula is C27H28F3NO4S.